The minimum absolute atomic E-state index is 0.0619. The molecule has 0 aliphatic carbocycles. The van der Waals surface area contributed by atoms with Crippen LogP contribution in [0, 0.1) is 0 Å². The summed E-state index contributed by atoms with van der Waals surface area (Å²) in [5.74, 6) is 2.40. The molecule has 0 spiro atoms. The molecule has 0 aliphatic rings. The summed E-state index contributed by atoms with van der Waals surface area (Å²) in [6, 6.07) is 15.7. The first kappa shape index (κ1) is 23.5. The van der Waals surface area contributed by atoms with Crippen LogP contribution < -0.4 is 4.74 Å². The molecule has 1 aromatic heterocycles. The van der Waals surface area contributed by atoms with Crippen molar-refractivity contribution in [3.05, 3.63) is 70.0 Å². The van der Waals surface area contributed by atoms with E-state index in [1.807, 2.05) is 47.9 Å². The van der Waals surface area contributed by atoms with E-state index >= 15 is 0 Å². The number of ether oxygens (including phenoxy) is 1. The Kier molecular flexibility index (Phi) is 7.94. The van der Waals surface area contributed by atoms with Crippen molar-refractivity contribution in [2.24, 2.45) is 0 Å². The van der Waals surface area contributed by atoms with Gasteiger partial charge in [-0.05, 0) is 56.5 Å². The molecule has 0 saturated carbocycles. The predicted octanol–water partition coefficient (Wildman–Crippen LogP) is 6.86. The van der Waals surface area contributed by atoms with Crippen LogP contribution >= 0.6 is 27.7 Å². The first-order valence-corrected chi connectivity index (χ1v) is 12.2. The fourth-order valence-corrected chi connectivity index (χ4v) is 4.42. The summed E-state index contributed by atoms with van der Waals surface area (Å²) in [6.45, 7) is 10.5. The highest BCUT2D eigenvalue weighted by molar-refractivity contribution is 9.10. The Balaban J connectivity index is 1.71. The molecular formula is C24H28BrN3O2S. The van der Waals surface area contributed by atoms with Gasteiger partial charge in [0.1, 0.15) is 5.75 Å². The number of halogens is 1. The molecule has 2 aromatic carbocycles. The number of nitrogens with zero attached hydrogens (tertiary/aromatic N) is 3. The van der Waals surface area contributed by atoms with Gasteiger partial charge in [0, 0.05) is 16.1 Å². The Hall–Kier alpha value is -2.12. The summed E-state index contributed by atoms with van der Waals surface area (Å²) < 4.78 is 9.14. The highest BCUT2D eigenvalue weighted by Gasteiger charge is 2.22. The van der Waals surface area contributed by atoms with Crippen LogP contribution in [0.25, 0.3) is 0 Å². The number of aromatic nitrogens is 3. The number of Topliss-reactive ketones (excluding diaryl/α,β-unsaturated/α-hetero) is 1. The maximum atomic E-state index is 12.5. The number of carbonyl (C=O) groups is 1. The van der Waals surface area contributed by atoms with E-state index in [0.717, 1.165) is 21.2 Å². The van der Waals surface area contributed by atoms with Crippen molar-refractivity contribution in [3.63, 3.8) is 0 Å². The third-order valence-electron chi connectivity index (χ3n) is 4.93. The first-order valence-electron chi connectivity index (χ1n) is 10.4. The number of rotatable bonds is 9. The Labute approximate surface area is 196 Å². The molecule has 0 radical (unpaired) electrons. The second kappa shape index (κ2) is 10.5. The second-order valence-corrected chi connectivity index (χ2v) is 9.87. The summed E-state index contributed by atoms with van der Waals surface area (Å²) >= 11 is 4.80. The minimum Gasteiger partial charge on any atom is -0.483 e. The third kappa shape index (κ3) is 5.98. The van der Waals surface area contributed by atoms with Gasteiger partial charge in [-0.15, -0.1) is 10.2 Å². The van der Waals surface area contributed by atoms with E-state index < -0.39 is 0 Å². The maximum absolute atomic E-state index is 12.5. The van der Waals surface area contributed by atoms with Crippen molar-refractivity contribution in [1.29, 1.82) is 0 Å². The zero-order valence-electron chi connectivity index (χ0n) is 18.5. The molecule has 164 valence electrons. The van der Waals surface area contributed by atoms with E-state index in [0.29, 0.717) is 17.2 Å². The van der Waals surface area contributed by atoms with Gasteiger partial charge in [0.2, 0.25) is 0 Å². The van der Waals surface area contributed by atoms with E-state index in [-0.39, 0.29) is 17.9 Å². The smallest absolute Gasteiger partial charge is 0.192 e. The van der Waals surface area contributed by atoms with Gasteiger partial charge in [0.05, 0.1) is 5.75 Å². The molecule has 0 amide bonds. The van der Waals surface area contributed by atoms with E-state index in [1.165, 1.54) is 17.3 Å². The van der Waals surface area contributed by atoms with Crippen LogP contribution in [0.3, 0.4) is 0 Å². The van der Waals surface area contributed by atoms with Gasteiger partial charge in [-0.2, -0.15) is 0 Å². The summed E-state index contributed by atoms with van der Waals surface area (Å²) in [4.78, 5) is 12.5. The molecule has 3 aromatic rings. The van der Waals surface area contributed by atoms with Crippen LogP contribution in [0.15, 0.2) is 58.2 Å². The lowest BCUT2D eigenvalue weighted by Gasteiger charge is -2.19. The number of benzene rings is 2. The largest absolute Gasteiger partial charge is 0.483 e. The van der Waals surface area contributed by atoms with Crippen LogP contribution in [-0.4, -0.2) is 26.3 Å². The quantitative estimate of drug-likeness (QED) is 0.236. The van der Waals surface area contributed by atoms with Gasteiger partial charge in [0.15, 0.2) is 22.9 Å². The standard InChI is InChI=1S/C24H28BrN3O2S/c1-15(2)18-8-12-21(13-9-18)30-17(5)23-26-27-24(28(23)16(3)4)31-14-22(29)19-6-10-20(25)11-7-19/h6-13,15-17H,14H2,1-5H3. The van der Waals surface area contributed by atoms with Gasteiger partial charge in [-0.25, -0.2) is 0 Å². The lowest BCUT2D eigenvalue weighted by Crippen LogP contribution is -2.14. The summed E-state index contributed by atoms with van der Waals surface area (Å²) in [5.41, 5.74) is 1.97. The molecule has 1 atom stereocenters. The Morgan fingerprint density at radius 2 is 1.65 bits per heavy atom. The summed E-state index contributed by atoms with van der Waals surface area (Å²) in [7, 11) is 0. The van der Waals surface area contributed by atoms with Crippen LogP contribution in [0.5, 0.6) is 5.75 Å². The lowest BCUT2D eigenvalue weighted by atomic mass is 10.0. The van der Waals surface area contributed by atoms with Crippen LogP contribution in [0.1, 0.15) is 74.4 Å². The van der Waals surface area contributed by atoms with Gasteiger partial charge >= 0.3 is 0 Å². The number of carbonyl (C=O) groups excluding carboxylic acids is 1. The van der Waals surface area contributed by atoms with Crippen molar-refractivity contribution in [2.45, 2.75) is 57.8 Å². The Bertz CT molecular complexity index is 1010. The maximum Gasteiger partial charge on any atom is 0.192 e. The molecule has 5 nitrogen and oxygen atoms in total. The van der Waals surface area contributed by atoms with Crippen LogP contribution in [0.2, 0.25) is 0 Å². The normalized spacial score (nSPS) is 12.4. The molecule has 0 N–H and O–H groups in total. The zero-order valence-corrected chi connectivity index (χ0v) is 20.9. The fourth-order valence-electron chi connectivity index (χ4n) is 3.19. The minimum atomic E-state index is -0.267. The van der Waals surface area contributed by atoms with E-state index in [2.05, 4.69) is 66.0 Å². The second-order valence-electron chi connectivity index (χ2n) is 8.01. The molecule has 0 saturated heterocycles. The van der Waals surface area contributed by atoms with Crippen molar-refractivity contribution in [3.8, 4) is 5.75 Å². The highest BCUT2D eigenvalue weighted by atomic mass is 79.9. The third-order valence-corrected chi connectivity index (χ3v) is 6.40. The molecular weight excluding hydrogens is 474 g/mol. The van der Waals surface area contributed by atoms with Crippen LogP contribution in [0.4, 0.5) is 0 Å². The molecule has 1 heterocycles. The fraction of sp³-hybridized carbons (Fsp3) is 0.375. The Morgan fingerprint density at radius 1 is 1.00 bits per heavy atom. The van der Waals surface area contributed by atoms with Gasteiger partial charge in [-0.3, -0.25) is 4.79 Å². The number of ketones is 1. The average molecular weight is 502 g/mol. The van der Waals surface area contributed by atoms with Gasteiger partial charge in [-0.1, -0.05) is 65.8 Å². The number of thioether (sulfide) groups is 1. The molecule has 0 fully saturated rings. The van der Waals surface area contributed by atoms with Crippen molar-refractivity contribution in [1.82, 2.24) is 14.8 Å². The SMILES string of the molecule is CC(C)c1ccc(OC(C)c2nnc(SCC(=O)c3ccc(Br)cc3)n2C(C)C)cc1. The van der Waals surface area contributed by atoms with Crippen molar-refractivity contribution in [2.75, 3.05) is 5.75 Å². The number of hydrogen-bond donors (Lipinski definition) is 0. The number of hydrogen-bond acceptors (Lipinski definition) is 5. The predicted molar refractivity (Wildman–Crippen MR) is 129 cm³/mol. The van der Waals surface area contributed by atoms with Crippen molar-refractivity contribution >= 4 is 33.5 Å². The Morgan fingerprint density at radius 3 is 2.23 bits per heavy atom. The molecule has 7 heteroatoms. The van der Waals surface area contributed by atoms with E-state index in [1.54, 1.807) is 0 Å². The lowest BCUT2D eigenvalue weighted by molar-refractivity contribution is 0.102. The monoisotopic (exact) mass is 501 g/mol. The highest BCUT2D eigenvalue weighted by Crippen LogP contribution is 2.29. The molecule has 0 aliphatic heterocycles. The molecule has 3 rings (SSSR count). The summed E-state index contributed by atoms with van der Waals surface area (Å²) in [5, 5.41) is 9.47. The molecule has 31 heavy (non-hydrogen) atoms. The van der Waals surface area contributed by atoms with Gasteiger partial charge in [0.25, 0.3) is 0 Å². The molecule has 0 bridgehead atoms. The first-order chi connectivity index (χ1) is 14.8. The van der Waals surface area contributed by atoms with Crippen LogP contribution in [-0.2, 0) is 0 Å². The summed E-state index contributed by atoms with van der Waals surface area (Å²) in [6.07, 6.45) is -0.267. The van der Waals surface area contributed by atoms with E-state index in [9.17, 15) is 4.79 Å². The van der Waals surface area contributed by atoms with E-state index in [4.69, 9.17) is 4.74 Å². The average Bonchev–Trinajstić information content (AvgIpc) is 3.17. The molecule has 1 unspecified atom stereocenters. The zero-order chi connectivity index (χ0) is 22.5. The van der Waals surface area contributed by atoms with Gasteiger partial charge < -0.3 is 9.30 Å². The topological polar surface area (TPSA) is 57.0 Å². The van der Waals surface area contributed by atoms with Crippen molar-refractivity contribution < 1.29 is 9.53 Å².